The summed E-state index contributed by atoms with van der Waals surface area (Å²) in [5.41, 5.74) is 0.733. The Labute approximate surface area is 218 Å². The average molecular weight is 528 g/mol. The Morgan fingerprint density at radius 3 is 1.81 bits per heavy atom. The molecular weight excluding hydrogens is 492 g/mol. The van der Waals surface area contributed by atoms with Gasteiger partial charge in [-0.3, -0.25) is 4.90 Å². The number of aliphatic hydroxyl groups is 1. The number of halogens is 2. The highest BCUT2D eigenvalue weighted by Gasteiger charge is 2.50. The van der Waals surface area contributed by atoms with Gasteiger partial charge in [0.25, 0.3) is 14.7 Å². The van der Waals surface area contributed by atoms with E-state index < -0.39 is 40.0 Å². The van der Waals surface area contributed by atoms with Crippen molar-refractivity contribution < 1.29 is 27.8 Å². The van der Waals surface area contributed by atoms with Gasteiger partial charge in [0, 0.05) is 0 Å². The van der Waals surface area contributed by atoms with Crippen LogP contribution in [-0.4, -0.2) is 56.6 Å². The first kappa shape index (κ1) is 28.5. The van der Waals surface area contributed by atoms with Crippen LogP contribution in [0.15, 0.2) is 91.0 Å². The third-order valence-electron chi connectivity index (χ3n) is 6.33. The highest BCUT2D eigenvalue weighted by Crippen LogP contribution is 2.37. The third-order valence-corrected chi connectivity index (χ3v) is 11.3. The van der Waals surface area contributed by atoms with E-state index in [1.165, 1.54) is 0 Å². The van der Waals surface area contributed by atoms with E-state index in [-0.39, 0.29) is 18.3 Å². The Bertz CT molecular complexity index is 1060. The fourth-order valence-corrected chi connectivity index (χ4v) is 9.15. The van der Waals surface area contributed by atoms with Gasteiger partial charge in [0.1, 0.15) is 6.61 Å². The van der Waals surface area contributed by atoms with Gasteiger partial charge in [-0.25, -0.2) is 13.6 Å². The predicted octanol–water partition coefficient (Wildman–Crippen LogP) is 4.83. The maximum absolute atomic E-state index is 13.5. The number of carbonyl (C=O) groups excluding carboxylic acids is 1. The van der Waals surface area contributed by atoms with Crippen LogP contribution in [0.5, 0.6) is 0 Å². The summed E-state index contributed by atoms with van der Waals surface area (Å²) in [5, 5.41) is 11.9. The number of aliphatic hydroxyl groups excluding tert-OH is 1. The molecule has 1 N–H and O–H groups in total. The van der Waals surface area contributed by atoms with Crippen molar-refractivity contribution in [1.82, 2.24) is 4.90 Å². The molecule has 3 aromatic carbocycles. The Hall–Kier alpha value is -3.07. The molecule has 0 bridgehead atoms. The lowest BCUT2D eigenvalue weighted by Gasteiger charge is -2.44. The van der Waals surface area contributed by atoms with Crippen LogP contribution in [0.25, 0.3) is 0 Å². The molecule has 37 heavy (non-hydrogen) atoms. The third kappa shape index (κ3) is 7.03. The second kappa shape index (κ2) is 12.9. The Balaban J connectivity index is 1.92. The first-order valence-electron chi connectivity index (χ1n) is 12.3. The maximum Gasteiger partial charge on any atom is 0.410 e. The Morgan fingerprint density at radius 2 is 1.38 bits per heavy atom. The van der Waals surface area contributed by atoms with Gasteiger partial charge in [-0.1, -0.05) is 112 Å². The quantitative estimate of drug-likeness (QED) is 0.363. The van der Waals surface area contributed by atoms with Gasteiger partial charge in [0.05, 0.1) is 25.8 Å². The van der Waals surface area contributed by atoms with Crippen molar-refractivity contribution >= 4 is 24.8 Å². The summed E-state index contributed by atoms with van der Waals surface area (Å²) in [5.74, 6) is 0. The highest BCUT2D eigenvalue weighted by molar-refractivity contribution is 6.99. The minimum Gasteiger partial charge on any atom is -0.445 e. The zero-order valence-corrected chi connectivity index (χ0v) is 22.5. The zero-order valence-electron chi connectivity index (χ0n) is 21.5. The molecule has 0 saturated carbocycles. The molecule has 0 aromatic heterocycles. The van der Waals surface area contributed by atoms with Gasteiger partial charge in [-0.2, -0.15) is 0 Å². The number of carbonyl (C=O) groups is 1. The van der Waals surface area contributed by atoms with E-state index >= 15 is 0 Å². The molecule has 3 rings (SSSR count). The van der Waals surface area contributed by atoms with Crippen molar-refractivity contribution in [3.63, 3.8) is 0 Å². The van der Waals surface area contributed by atoms with E-state index in [1.54, 1.807) is 24.3 Å². The molecule has 0 heterocycles. The van der Waals surface area contributed by atoms with Crippen LogP contribution in [0.4, 0.5) is 13.6 Å². The molecular formula is C29H35F2NO4Si. The standard InChI is InChI=1S/C29H35F2NO4Si/c1-29(2,3)37(25-15-9-5-10-16-25,26-17-11-6-12-18-26)36-22-24(20-33)32(19-27(30)31)28(34)35-21-23-13-7-4-8-14-23/h4-18,24,27,33H,19-22H2,1-3H3. The van der Waals surface area contributed by atoms with Crippen molar-refractivity contribution in [2.75, 3.05) is 19.8 Å². The molecule has 0 aliphatic heterocycles. The summed E-state index contributed by atoms with van der Waals surface area (Å²) in [4.78, 5) is 13.8. The number of rotatable bonds is 11. The van der Waals surface area contributed by atoms with Crippen molar-refractivity contribution in [2.45, 2.75) is 44.9 Å². The number of alkyl halides is 2. The second-order valence-electron chi connectivity index (χ2n) is 9.89. The SMILES string of the molecule is CC(C)(C)[Si](OCC(CO)N(CC(F)F)C(=O)OCc1ccccc1)(c1ccccc1)c1ccccc1. The normalized spacial score (nSPS) is 12.8. The topological polar surface area (TPSA) is 59.0 Å². The van der Waals surface area contributed by atoms with Crippen molar-refractivity contribution in [2.24, 2.45) is 0 Å². The molecule has 8 heteroatoms. The molecule has 0 saturated heterocycles. The van der Waals surface area contributed by atoms with E-state index in [0.29, 0.717) is 0 Å². The number of amides is 1. The largest absolute Gasteiger partial charge is 0.445 e. The Morgan fingerprint density at radius 1 is 0.892 bits per heavy atom. The van der Waals surface area contributed by atoms with E-state index in [0.717, 1.165) is 20.8 Å². The van der Waals surface area contributed by atoms with Crippen molar-refractivity contribution in [3.8, 4) is 0 Å². The lowest BCUT2D eigenvalue weighted by atomic mass is 10.2. The van der Waals surface area contributed by atoms with Crippen LogP contribution in [-0.2, 0) is 15.8 Å². The molecule has 3 aromatic rings. The monoisotopic (exact) mass is 527 g/mol. The second-order valence-corrected chi connectivity index (χ2v) is 14.2. The molecule has 0 fully saturated rings. The first-order chi connectivity index (χ1) is 17.7. The molecule has 198 valence electrons. The molecule has 5 nitrogen and oxygen atoms in total. The number of hydrogen-bond acceptors (Lipinski definition) is 4. The number of ether oxygens (including phenoxy) is 1. The van der Waals surface area contributed by atoms with Crippen LogP contribution >= 0.6 is 0 Å². The molecule has 0 radical (unpaired) electrons. The Kier molecular flexibility index (Phi) is 9.97. The van der Waals surface area contributed by atoms with Crippen molar-refractivity contribution in [3.05, 3.63) is 96.6 Å². The van der Waals surface area contributed by atoms with Gasteiger partial charge in [-0.15, -0.1) is 0 Å². The van der Waals surface area contributed by atoms with Crippen LogP contribution < -0.4 is 10.4 Å². The maximum atomic E-state index is 13.5. The summed E-state index contributed by atoms with van der Waals surface area (Å²) in [6.07, 6.45) is -3.72. The predicted molar refractivity (Wildman–Crippen MR) is 144 cm³/mol. The van der Waals surface area contributed by atoms with Crippen LogP contribution in [0.3, 0.4) is 0 Å². The molecule has 0 aliphatic carbocycles. The van der Waals surface area contributed by atoms with E-state index in [4.69, 9.17) is 9.16 Å². The minimum atomic E-state index is -3.00. The van der Waals surface area contributed by atoms with Gasteiger partial charge in [0.15, 0.2) is 0 Å². The number of hydrogen-bond donors (Lipinski definition) is 1. The summed E-state index contributed by atoms with van der Waals surface area (Å²) < 4.78 is 39.2. The summed E-state index contributed by atoms with van der Waals surface area (Å²) in [6, 6.07) is 27.7. The minimum absolute atomic E-state index is 0.0624. The molecule has 1 unspecified atom stereocenters. The first-order valence-corrected chi connectivity index (χ1v) is 14.2. The number of nitrogens with zero attached hydrogens (tertiary/aromatic N) is 1. The van der Waals surface area contributed by atoms with E-state index in [9.17, 15) is 18.7 Å². The summed E-state index contributed by atoms with van der Waals surface area (Å²) in [7, 11) is -3.00. The highest BCUT2D eigenvalue weighted by atomic mass is 28.4. The summed E-state index contributed by atoms with van der Waals surface area (Å²) in [6.45, 7) is 4.67. The molecule has 1 amide bonds. The lowest BCUT2D eigenvalue weighted by molar-refractivity contribution is 0.0147. The average Bonchev–Trinajstić information content (AvgIpc) is 2.89. The van der Waals surface area contributed by atoms with Crippen LogP contribution in [0.2, 0.25) is 5.04 Å². The van der Waals surface area contributed by atoms with Gasteiger partial charge in [0.2, 0.25) is 0 Å². The fraction of sp³-hybridized carbons (Fsp3) is 0.345. The lowest BCUT2D eigenvalue weighted by Crippen LogP contribution is -2.67. The molecule has 0 aliphatic rings. The smallest absolute Gasteiger partial charge is 0.410 e. The van der Waals surface area contributed by atoms with E-state index in [1.807, 2.05) is 66.7 Å². The van der Waals surface area contributed by atoms with E-state index in [2.05, 4.69) is 20.8 Å². The van der Waals surface area contributed by atoms with Gasteiger partial charge >= 0.3 is 6.09 Å². The number of benzene rings is 3. The van der Waals surface area contributed by atoms with Crippen LogP contribution in [0.1, 0.15) is 26.3 Å². The van der Waals surface area contributed by atoms with Gasteiger partial charge in [-0.05, 0) is 21.0 Å². The zero-order chi connectivity index (χ0) is 26.9. The molecule has 1 atom stereocenters. The van der Waals surface area contributed by atoms with Crippen molar-refractivity contribution in [1.29, 1.82) is 0 Å². The summed E-state index contributed by atoms with van der Waals surface area (Å²) >= 11 is 0. The fourth-order valence-electron chi connectivity index (χ4n) is 4.55. The van der Waals surface area contributed by atoms with Crippen LogP contribution in [0, 0.1) is 0 Å². The molecule has 0 spiro atoms. The van der Waals surface area contributed by atoms with Gasteiger partial charge < -0.3 is 14.3 Å².